The second-order valence-electron chi connectivity index (χ2n) is 6.02. The fourth-order valence-corrected chi connectivity index (χ4v) is 3.76. The van der Waals surface area contributed by atoms with E-state index in [1.165, 1.54) is 25.7 Å². The number of Topliss-reactive ketones (excluding diaryl/α,β-unsaturated/α-hetero) is 1. The monoisotopic (exact) mass is 253 g/mol. The van der Waals surface area contributed by atoms with E-state index in [1.54, 1.807) is 0 Å². The molecule has 0 saturated heterocycles. The molecule has 2 fully saturated rings. The van der Waals surface area contributed by atoms with E-state index in [0.29, 0.717) is 11.8 Å². The maximum Gasteiger partial charge on any atom is 0.158 e. The molecule has 1 aromatic carbocycles. The largest absolute Gasteiger partial charge is 0.298 e. The van der Waals surface area contributed by atoms with Crippen molar-refractivity contribution < 1.29 is 4.79 Å². The molecule has 2 saturated carbocycles. The van der Waals surface area contributed by atoms with Gasteiger partial charge in [0.25, 0.3) is 0 Å². The summed E-state index contributed by atoms with van der Waals surface area (Å²) in [7, 11) is 0. The van der Waals surface area contributed by atoms with Crippen LogP contribution in [0.1, 0.15) is 42.7 Å². The SMILES string of the molecule is Cc1cccc(C(C#N)C(=O)C2C3CCCCC32)c1. The number of aryl methyl sites for hydroxylation is 1. The Morgan fingerprint density at radius 1 is 1.32 bits per heavy atom. The molecule has 0 radical (unpaired) electrons. The fourth-order valence-electron chi connectivity index (χ4n) is 3.76. The van der Waals surface area contributed by atoms with Gasteiger partial charge in [0.05, 0.1) is 6.07 Å². The average molecular weight is 253 g/mol. The molecule has 0 aliphatic heterocycles. The molecule has 2 aliphatic rings. The van der Waals surface area contributed by atoms with Gasteiger partial charge in [-0.25, -0.2) is 0 Å². The quantitative estimate of drug-likeness (QED) is 0.825. The Labute approximate surface area is 114 Å². The van der Waals surface area contributed by atoms with Crippen molar-refractivity contribution in [2.45, 2.75) is 38.5 Å². The third-order valence-electron chi connectivity index (χ3n) is 4.77. The molecule has 19 heavy (non-hydrogen) atoms. The number of carbonyl (C=O) groups excluding carboxylic acids is 1. The topological polar surface area (TPSA) is 40.9 Å². The summed E-state index contributed by atoms with van der Waals surface area (Å²) in [6, 6.07) is 10.0. The first-order valence-electron chi connectivity index (χ1n) is 7.22. The number of hydrogen-bond acceptors (Lipinski definition) is 2. The van der Waals surface area contributed by atoms with Crippen molar-refractivity contribution in [1.29, 1.82) is 5.26 Å². The van der Waals surface area contributed by atoms with Gasteiger partial charge in [-0.2, -0.15) is 5.26 Å². The predicted octanol–water partition coefficient (Wildman–Crippen LogP) is 3.61. The Bertz CT molecular complexity index is 530. The first-order valence-corrected chi connectivity index (χ1v) is 7.22. The number of benzene rings is 1. The highest BCUT2D eigenvalue weighted by molar-refractivity contribution is 5.93. The van der Waals surface area contributed by atoms with Gasteiger partial charge < -0.3 is 0 Å². The van der Waals surface area contributed by atoms with Crippen LogP contribution in [0.3, 0.4) is 0 Å². The van der Waals surface area contributed by atoms with E-state index in [2.05, 4.69) is 6.07 Å². The summed E-state index contributed by atoms with van der Waals surface area (Å²) in [5.74, 6) is 0.956. The van der Waals surface area contributed by atoms with Crippen LogP contribution >= 0.6 is 0 Å². The second-order valence-corrected chi connectivity index (χ2v) is 6.02. The van der Waals surface area contributed by atoms with Crippen LogP contribution in [0, 0.1) is 36.0 Å². The molecule has 3 atom stereocenters. The Hall–Kier alpha value is -1.62. The lowest BCUT2D eigenvalue weighted by molar-refractivity contribution is -0.121. The third-order valence-corrected chi connectivity index (χ3v) is 4.77. The number of fused-ring (bicyclic) bond motifs is 1. The van der Waals surface area contributed by atoms with Crippen LogP contribution in [-0.4, -0.2) is 5.78 Å². The molecular weight excluding hydrogens is 234 g/mol. The minimum absolute atomic E-state index is 0.171. The minimum atomic E-state index is -0.560. The minimum Gasteiger partial charge on any atom is -0.298 e. The van der Waals surface area contributed by atoms with E-state index < -0.39 is 5.92 Å². The van der Waals surface area contributed by atoms with Crippen molar-refractivity contribution in [3.05, 3.63) is 35.4 Å². The van der Waals surface area contributed by atoms with Gasteiger partial charge in [-0.1, -0.05) is 42.7 Å². The summed E-state index contributed by atoms with van der Waals surface area (Å²) in [6.07, 6.45) is 4.89. The zero-order chi connectivity index (χ0) is 13.4. The predicted molar refractivity (Wildman–Crippen MR) is 73.5 cm³/mol. The molecule has 2 aliphatic carbocycles. The zero-order valence-electron chi connectivity index (χ0n) is 11.3. The lowest BCUT2D eigenvalue weighted by Crippen LogP contribution is -2.14. The maximum atomic E-state index is 12.6. The summed E-state index contributed by atoms with van der Waals surface area (Å²) >= 11 is 0. The molecule has 0 aromatic heterocycles. The smallest absolute Gasteiger partial charge is 0.158 e. The molecule has 3 unspecified atom stereocenters. The van der Waals surface area contributed by atoms with Crippen LogP contribution in [0.25, 0.3) is 0 Å². The van der Waals surface area contributed by atoms with Gasteiger partial charge in [0, 0.05) is 5.92 Å². The summed E-state index contributed by atoms with van der Waals surface area (Å²) in [5, 5.41) is 9.38. The summed E-state index contributed by atoms with van der Waals surface area (Å²) < 4.78 is 0. The Morgan fingerprint density at radius 3 is 2.58 bits per heavy atom. The molecule has 0 N–H and O–H groups in total. The van der Waals surface area contributed by atoms with Crippen LogP contribution in [0.2, 0.25) is 0 Å². The molecule has 98 valence electrons. The van der Waals surface area contributed by atoms with E-state index in [9.17, 15) is 10.1 Å². The van der Waals surface area contributed by atoms with E-state index in [4.69, 9.17) is 0 Å². The molecule has 0 spiro atoms. The van der Waals surface area contributed by atoms with Gasteiger partial charge in [0.2, 0.25) is 0 Å². The van der Waals surface area contributed by atoms with Crippen molar-refractivity contribution in [3.63, 3.8) is 0 Å². The maximum absolute atomic E-state index is 12.6. The number of nitrogens with zero attached hydrogens (tertiary/aromatic N) is 1. The first kappa shape index (κ1) is 12.4. The lowest BCUT2D eigenvalue weighted by Gasteiger charge is -2.09. The number of hydrogen-bond donors (Lipinski definition) is 0. The van der Waals surface area contributed by atoms with Crippen LogP contribution in [0.4, 0.5) is 0 Å². The third kappa shape index (κ3) is 2.18. The summed E-state index contributed by atoms with van der Waals surface area (Å²) in [6.45, 7) is 2.00. The van der Waals surface area contributed by atoms with E-state index in [-0.39, 0.29) is 11.7 Å². The van der Waals surface area contributed by atoms with Crippen molar-refractivity contribution in [2.24, 2.45) is 17.8 Å². The Morgan fingerprint density at radius 2 is 2.00 bits per heavy atom. The molecule has 0 bridgehead atoms. The average Bonchev–Trinajstić information content (AvgIpc) is 3.13. The van der Waals surface area contributed by atoms with Gasteiger partial charge in [0.15, 0.2) is 5.78 Å². The Kier molecular flexibility index (Phi) is 3.14. The molecule has 1 aromatic rings. The summed E-state index contributed by atoms with van der Waals surface area (Å²) in [4.78, 5) is 12.6. The van der Waals surface area contributed by atoms with Crippen LogP contribution in [-0.2, 0) is 4.79 Å². The molecule has 0 heterocycles. The van der Waals surface area contributed by atoms with Gasteiger partial charge >= 0.3 is 0 Å². The fraction of sp³-hybridized carbons (Fsp3) is 0.529. The first-order chi connectivity index (χ1) is 9.22. The zero-order valence-corrected chi connectivity index (χ0v) is 11.3. The van der Waals surface area contributed by atoms with Crippen molar-refractivity contribution in [1.82, 2.24) is 0 Å². The van der Waals surface area contributed by atoms with Gasteiger partial charge in [0.1, 0.15) is 5.92 Å². The highest BCUT2D eigenvalue weighted by atomic mass is 16.1. The number of nitriles is 1. The van der Waals surface area contributed by atoms with Crippen LogP contribution in [0.15, 0.2) is 24.3 Å². The molecule has 0 amide bonds. The van der Waals surface area contributed by atoms with Crippen molar-refractivity contribution in [3.8, 4) is 6.07 Å². The summed E-state index contributed by atoms with van der Waals surface area (Å²) in [5.41, 5.74) is 1.98. The van der Waals surface area contributed by atoms with E-state index >= 15 is 0 Å². The highest BCUT2D eigenvalue weighted by Gasteiger charge is 2.55. The van der Waals surface area contributed by atoms with E-state index in [1.807, 2.05) is 31.2 Å². The number of rotatable bonds is 3. The van der Waals surface area contributed by atoms with Crippen molar-refractivity contribution in [2.75, 3.05) is 0 Å². The van der Waals surface area contributed by atoms with Crippen molar-refractivity contribution >= 4 is 5.78 Å². The number of ketones is 1. The molecule has 2 heteroatoms. The van der Waals surface area contributed by atoms with Gasteiger partial charge in [-0.05, 0) is 37.2 Å². The van der Waals surface area contributed by atoms with Crippen LogP contribution < -0.4 is 0 Å². The van der Waals surface area contributed by atoms with Gasteiger partial charge in [-0.3, -0.25) is 4.79 Å². The normalized spacial score (nSPS) is 30.0. The highest BCUT2D eigenvalue weighted by Crippen LogP contribution is 2.57. The standard InChI is InChI=1S/C17H19NO/c1-11-5-4-6-12(9-11)15(10-18)17(19)16-13-7-2-3-8-14(13)16/h4-6,9,13-16H,2-3,7-8H2,1H3. The van der Waals surface area contributed by atoms with E-state index in [0.717, 1.165) is 11.1 Å². The lowest BCUT2D eigenvalue weighted by atomic mass is 9.91. The number of carbonyl (C=O) groups is 1. The van der Waals surface area contributed by atoms with Crippen LogP contribution in [0.5, 0.6) is 0 Å². The van der Waals surface area contributed by atoms with Gasteiger partial charge in [-0.15, -0.1) is 0 Å². The second kappa shape index (κ2) is 4.81. The molecule has 3 rings (SSSR count). The molecule has 2 nitrogen and oxygen atoms in total. The Balaban J connectivity index is 1.80. The molecular formula is C17H19NO.